The molecule has 2 atom stereocenters. The molecule has 0 spiro atoms. The van der Waals surface area contributed by atoms with Crippen LogP contribution in [0.15, 0.2) is 24.3 Å². The van der Waals surface area contributed by atoms with Gasteiger partial charge in [-0.05, 0) is 34.3 Å². The maximum atomic E-state index is 2.40. The highest BCUT2D eigenvalue weighted by Crippen LogP contribution is 2.39. The Kier molecular flexibility index (Phi) is 5.01. The van der Waals surface area contributed by atoms with Crippen molar-refractivity contribution in [2.75, 3.05) is 0 Å². The Morgan fingerprint density at radius 3 is 2.06 bits per heavy atom. The molecule has 0 fully saturated rings. The van der Waals surface area contributed by atoms with Gasteiger partial charge < -0.3 is 0 Å². The molecule has 0 amide bonds. The number of hydrogen-bond acceptors (Lipinski definition) is 0. The summed E-state index contributed by atoms with van der Waals surface area (Å²) in [5, 5.41) is 0. The van der Waals surface area contributed by atoms with E-state index in [1.54, 1.807) is 5.56 Å². The molecule has 0 heteroatoms. The lowest BCUT2D eigenvalue weighted by molar-refractivity contribution is 0.329. The van der Waals surface area contributed by atoms with Crippen molar-refractivity contribution in [3.63, 3.8) is 0 Å². The highest BCUT2D eigenvalue weighted by molar-refractivity contribution is 5.36. The van der Waals surface area contributed by atoms with Crippen LogP contribution >= 0.6 is 0 Å². The third-order valence-electron chi connectivity index (χ3n) is 4.99. The maximum Gasteiger partial charge on any atom is -0.00752 e. The lowest BCUT2D eigenvalue weighted by Gasteiger charge is -2.35. The summed E-state index contributed by atoms with van der Waals surface area (Å²) in [4.78, 5) is 0. The second-order valence-electron chi connectivity index (χ2n) is 6.65. The topological polar surface area (TPSA) is 0 Å². The molecule has 0 aromatic heterocycles. The van der Waals surface area contributed by atoms with Crippen molar-refractivity contribution in [1.82, 2.24) is 0 Å². The first-order chi connectivity index (χ1) is 8.32. The molecule has 0 aliphatic carbocycles. The molecule has 0 radical (unpaired) electrons. The predicted molar refractivity (Wildman–Crippen MR) is 82.2 cm³/mol. The summed E-state index contributed by atoms with van der Waals surface area (Å²) in [6.45, 7) is 16.4. The Balaban J connectivity index is 3.24. The van der Waals surface area contributed by atoms with Crippen LogP contribution in [0.4, 0.5) is 0 Å². The fourth-order valence-corrected chi connectivity index (χ4v) is 2.62. The molecule has 0 aliphatic heterocycles. The van der Waals surface area contributed by atoms with Crippen molar-refractivity contribution in [2.45, 2.75) is 66.2 Å². The summed E-state index contributed by atoms with van der Waals surface area (Å²) in [7, 11) is 0. The summed E-state index contributed by atoms with van der Waals surface area (Å²) in [6.07, 6.45) is 1.23. The number of hydrogen-bond donors (Lipinski definition) is 0. The molecule has 0 aliphatic rings. The van der Waals surface area contributed by atoms with Crippen LogP contribution in [0.2, 0.25) is 0 Å². The third kappa shape index (κ3) is 2.96. The van der Waals surface area contributed by atoms with E-state index >= 15 is 0 Å². The van der Waals surface area contributed by atoms with E-state index in [9.17, 15) is 0 Å². The van der Waals surface area contributed by atoms with Crippen molar-refractivity contribution in [3.8, 4) is 0 Å². The highest BCUT2D eigenvalue weighted by atomic mass is 14.3. The minimum Gasteiger partial charge on any atom is -0.0651 e. The van der Waals surface area contributed by atoms with E-state index in [1.165, 1.54) is 12.0 Å². The fourth-order valence-electron chi connectivity index (χ4n) is 2.62. The molecule has 0 bridgehead atoms. The van der Waals surface area contributed by atoms with Gasteiger partial charge in [0.15, 0.2) is 0 Å². The Labute approximate surface area is 114 Å². The molecule has 0 nitrogen and oxygen atoms in total. The summed E-state index contributed by atoms with van der Waals surface area (Å²) in [6, 6.07) is 9.03. The van der Waals surface area contributed by atoms with Gasteiger partial charge in [-0.15, -0.1) is 0 Å². The van der Waals surface area contributed by atoms with E-state index in [2.05, 4.69) is 72.7 Å². The van der Waals surface area contributed by atoms with Crippen molar-refractivity contribution in [1.29, 1.82) is 0 Å². The van der Waals surface area contributed by atoms with Crippen LogP contribution in [-0.2, 0) is 5.41 Å². The van der Waals surface area contributed by atoms with E-state index in [-0.39, 0.29) is 5.41 Å². The van der Waals surface area contributed by atoms with Gasteiger partial charge in [0.25, 0.3) is 0 Å². The Morgan fingerprint density at radius 1 is 1.00 bits per heavy atom. The second kappa shape index (κ2) is 5.91. The van der Waals surface area contributed by atoms with Crippen LogP contribution < -0.4 is 0 Å². The zero-order valence-electron chi connectivity index (χ0n) is 13.2. The normalized spacial score (nSPS) is 15.8. The minimum absolute atomic E-state index is 0.258. The van der Waals surface area contributed by atoms with Gasteiger partial charge in [-0.1, -0.05) is 79.2 Å². The third-order valence-corrected chi connectivity index (χ3v) is 4.99. The Hall–Kier alpha value is -0.780. The van der Waals surface area contributed by atoms with Gasteiger partial charge in [0.2, 0.25) is 0 Å². The largest absolute Gasteiger partial charge is 0.0651 e. The zero-order valence-corrected chi connectivity index (χ0v) is 13.2. The molecule has 0 saturated carbocycles. The van der Waals surface area contributed by atoms with Crippen molar-refractivity contribution in [3.05, 3.63) is 35.4 Å². The van der Waals surface area contributed by atoms with Crippen LogP contribution in [-0.4, -0.2) is 0 Å². The van der Waals surface area contributed by atoms with E-state index < -0.39 is 0 Å². The molecular weight excluding hydrogens is 216 g/mol. The number of rotatable bonds is 5. The fraction of sp³-hybridized carbons (Fsp3) is 0.667. The minimum atomic E-state index is 0.258. The molecule has 0 heterocycles. The van der Waals surface area contributed by atoms with Crippen molar-refractivity contribution >= 4 is 0 Å². The quantitative estimate of drug-likeness (QED) is 0.618. The Morgan fingerprint density at radius 2 is 1.56 bits per heavy atom. The molecule has 0 saturated heterocycles. The van der Waals surface area contributed by atoms with Crippen molar-refractivity contribution < 1.29 is 0 Å². The van der Waals surface area contributed by atoms with Gasteiger partial charge in [0.1, 0.15) is 0 Å². The molecule has 18 heavy (non-hydrogen) atoms. The van der Waals surface area contributed by atoms with Crippen LogP contribution in [0.1, 0.15) is 71.9 Å². The lowest BCUT2D eigenvalue weighted by Crippen LogP contribution is -2.28. The molecular formula is C18H30. The molecule has 1 aromatic rings. The summed E-state index contributed by atoms with van der Waals surface area (Å²) >= 11 is 0. The average Bonchev–Trinajstić information content (AvgIpc) is 2.36. The number of benzene rings is 1. The molecule has 1 rings (SSSR count). The molecule has 1 aromatic carbocycles. The summed E-state index contributed by atoms with van der Waals surface area (Å²) in [5.74, 6) is 2.03. The van der Waals surface area contributed by atoms with Gasteiger partial charge in [-0.2, -0.15) is 0 Å². The lowest BCUT2D eigenvalue weighted by atomic mass is 9.69. The van der Waals surface area contributed by atoms with E-state index in [0.29, 0.717) is 17.8 Å². The van der Waals surface area contributed by atoms with Crippen LogP contribution in [0, 0.1) is 11.8 Å². The first-order valence-corrected chi connectivity index (χ1v) is 7.41. The zero-order chi connectivity index (χ0) is 13.9. The highest BCUT2D eigenvalue weighted by Gasteiger charge is 2.30. The van der Waals surface area contributed by atoms with Crippen LogP contribution in [0.5, 0.6) is 0 Å². The van der Waals surface area contributed by atoms with Gasteiger partial charge >= 0.3 is 0 Å². The van der Waals surface area contributed by atoms with Crippen molar-refractivity contribution in [2.24, 2.45) is 11.8 Å². The average molecular weight is 246 g/mol. The van der Waals surface area contributed by atoms with E-state index in [1.807, 2.05) is 0 Å². The Bertz CT molecular complexity index is 373. The maximum absolute atomic E-state index is 2.40. The predicted octanol–water partition coefficient (Wildman–Crippen LogP) is 5.77. The molecule has 102 valence electrons. The second-order valence-corrected chi connectivity index (χ2v) is 6.65. The monoisotopic (exact) mass is 246 g/mol. The summed E-state index contributed by atoms with van der Waals surface area (Å²) in [5.41, 5.74) is 3.34. The van der Waals surface area contributed by atoms with Gasteiger partial charge in [-0.3, -0.25) is 0 Å². The van der Waals surface area contributed by atoms with Gasteiger partial charge in [0, 0.05) is 0 Å². The van der Waals surface area contributed by atoms with Crippen LogP contribution in [0.25, 0.3) is 0 Å². The van der Waals surface area contributed by atoms with E-state index in [4.69, 9.17) is 0 Å². The molecule has 2 unspecified atom stereocenters. The van der Waals surface area contributed by atoms with Gasteiger partial charge in [-0.25, -0.2) is 0 Å². The smallest absolute Gasteiger partial charge is 0.00752 e. The van der Waals surface area contributed by atoms with Crippen LogP contribution in [0.3, 0.4) is 0 Å². The molecule has 0 N–H and O–H groups in total. The van der Waals surface area contributed by atoms with Gasteiger partial charge in [0.05, 0.1) is 0 Å². The van der Waals surface area contributed by atoms with E-state index in [0.717, 1.165) is 0 Å². The first-order valence-electron chi connectivity index (χ1n) is 7.41. The summed E-state index contributed by atoms with van der Waals surface area (Å²) < 4.78 is 0. The standard InChI is InChI=1S/C18H30/c1-8-14(4)18(6,7)17-12-10-9-11-16(17)15(5)13(2)3/h9-15H,8H2,1-7H3. The first kappa shape index (κ1) is 15.3. The SMILES string of the molecule is CCC(C)C(C)(C)c1ccccc1C(C)C(C)C.